The van der Waals surface area contributed by atoms with Crippen molar-refractivity contribution >= 4 is 33.9 Å². The summed E-state index contributed by atoms with van der Waals surface area (Å²) >= 11 is 1.09. The lowest BCUT2D eigenvalue weighted by molar-refractivity contribution is -0.112. The molecule has 26 heavy (non-hydrogen) atoms. The molecule has 0 radical (unpaired) electrons. The van der Waals surface area contributed by atoms with E-state index >= 15 is 0 Å². The van der Waals surface area contributed by atoms with Gasteiger partial charge in [-0.25, -0.2) is 9.67 Å². The van der Waals surface area contributed by atoms with Gasteiger partial charge in [-0.3, -0.25) is 19.7 Å². The molecule has 2 aromatic heterocycles. The van der Waals surface area contributed by atoms with Crippen LogP contribution in [0.4, 0.5) is 5.13 Å². The second kappa shape index (κ2) is 7.01. The molecule has 0 unspecified atom stereocenters. The van der Waals surface area contributed by atoms with Crippen molar-refractivity contribution < 1.29 is 14.4 Å². The zero-order chi connectivity index (χ0) is 18.8. The summed E-state index contributed by atoms with van der Waals surface area (Å²) in [5.74, 6) is -1.71. The smallest absolute Gasteiger partial charge is 0.295 e. The van der Waals surface area contributed by atoms with Crippen molar-refractivity contribution in [1.29, 1.82) is 0 Å². The molecule has 0 bridgehead atoms. The molecule has 132 valence electrons. The molecule has 0 saturated carbocycles. The number of aromatic nitrogens is 3. The first-order valence-corrected chi connectivity index (χ1v) is 8.70. The van der Waals surface area contributed by atoms with Crippen molar-refractivity contribution in [3.05, 3.63) is 58.4 Å². The second-order valence-corrected chi connectivity index (χ2v) is 6.53. The van der Waals surface area contributed by atoms with Crippen molar-refractivity contribution in [3.8, 4) is 5.69 Å². The molecule has 1 N–H and O–H groups in total. The van der Waals surface area contributed by atoms with Gasteiger partial charge in [-0.15, -0.1) is 11.3 Å². The number of ketones is 2. The van der Waals surface area contributed by atoms with E-state index in [2.05, 4.69) is 15.4 Å². The highest BCUT2D eigenvalue weighted by Crippen LogP contribution is 2.20. The molecule has 0 aliphatic rings. The summed E-state index contributed by atoms with van der Waals surface area (Å²) < 4.78 is 1.63. The van der Waals surface area contributed by atoms with Gasteiger partial charge < -0.3 is 0 Å². The van der Waals surface area contributed by atoms with Gasteiger partial charge in [0.1, 0.15) is 5.69 Å². The number of thiazole rings is 1. The number of carbonyl (C=O) groups excluding carboxylic acids is 3. The first kappa shape index (κ1) is 17.7. The van der Waals surface area contributed by atoms with Crippen LogP contribution in [0.1, 0.15) is 39.2 Å². The lowest BCUT2D eigenvalue weighted by Gasteiger charge is -2.05. The minimum Gasteiger partial charge on any atom is -0.295 e. The van der Waals surface area contributed by atoms with Gasteiger partial charge in [0.05, 0.1) is 22.6 Å². The third-order valence-electron chi connectivity index (χ3n) is 3.81. The molecule has 0 spiro atoms. The fourth-order valence-corrected chi connectivity index (χ4v) is 3.30. The Morgan fingerprint density at radius 1 is 1.12 bits per heavy atom. The average Bonchev–Trinajstić information content (AvgIpc) is 3.20. The predicted octanol–water partition coefficient (Wildman–Crippen LogP) is 2.97. The summed E-state index contributed by atoms with van der Waals surface area (Å²) in [7, 11) is 0. The lowest BCUT2D eigenvalue weighted by atomic mass is 10.1. The first-order valence-electron chi connectivity index (χ1n) is 7.82. The number of benzene rings is 1. The van der Waals surface area contributed by atoms with Crippen LogP contribution in [0.15, 0.2) is 35.7 Å². The zero-order valence-corrected chi connectivity index (χ0v) is 15.3. The van der Waals surface area contributed by atoms with Gasteiger partial charge in [-0.1, -0.05) is 18.2 Å². The standard InChI is InChI=1S/C18H16N4O3S/c1-10-15(11(2)22(21-10)13-7-5-4-6-8-13)16(24)17(25)20-18-19-14(9-26-18)12(3)23/h4-9H,1-3H3,(H,19,20,25). The molecule has 8 heteroatoms. The molecule has 1 aromatic carbocycles. The molecule has 2 heterocycles. The van der Waals surface area contributed by atoms with Gasteiger partial charge in [0, 0.05) is 12.3 Å². The van der Waals surface area contributed by atoms with Crippen LogP contribution in [-0.4, -0.2) is 32.2 Å². The Kier molecular flexibility index (Phi) is 4.77. The van der Waals surface area contributed by atoms with E-state index in [1.807, 2.05) is 30.3 Å². The van der Waals surface area contributed by atoms with Crippen molar-refractivity contribution in [3.63, 3.8) is 0 Å². The van der Waals surface area contributed by atoms with Crippen LogP contribution in [0.25, 0.3) is 5.69 Å². The first-order chi connectivity index (χ1) is 12.4. The minimum absolute atomic E-state index is 0.205. The Morgan fingerprint density at radius 3 is 2.42 bits per heavy atom. The number of para-hydroxylation sites is 1. The van der Waals surface area contributed by atoms with Gasteiger partial charge in [-0.05, 0) is 26.0 Å². The Morgan fingerprint density at radius 2 is 1.81 bits per heavy atom. The molecule has 0 aliphatic carbocycles. The minimum atomic E-state index is -0.812. The fourth-order valence-electron chi connectivity index (χ4n) is 2.55. The molecule has 7 nitrogen and oxygen atoms in total. The molecular weight excluding hydrogens is 352 g/mol. The number of hydrogen-bond donors (Lipinski definition) is 1. The third kappa shape index (κ3) is 3.31. The van der Waals surface area contributed by atoms with E-state index in [9.17, 15) is 14.4 Å². The van der Waals surface area contributed by atoms with E-state index in [1.165, 1.54) is 12.3 Å². The topological polar surface area (TPSA) is 94.0 Å². The number of hydrogen-bond acceptors (Lipinski definition) is 6. The van der Waals surface area contributed by atoms with Crippen LogP contribution in [0.3, 0.4) is 0 Å². The maximum Gasteiger partial charge on any atom is 0.298 e. The van der Waals surface area contributed by atoms with Gasteiger partial charge in [0.25, 0.3) is 11.7 Å². The van der Waals surface area contributed by atoms with E-state index in [4.69, 9.17) is 0 Å². The van der Waals surface area contributed by atoms with E-state index in [-0.39, 0.29) is 22.2 Å². The van der Waals surface area contributed by atoms with Crippen molar-refractivity contribution in [2.24, 2.45) is 0 Å². The van der Waals surface area contributed by atoms with E-state index < -0.39 is 11.7 Å². The molecule has 0 fully saturated rings. The Hall–Kier alpha value is -3.13. The summed E-state index contributed by atoms with van der Waals surface area (Å²) in [4.78, 5) is 40.2. The highest BCUT2D eigenvalue weighted by molar-refractivity contribution is 7.14. The zero-order valence-electron chi connectivity index (χ0n) is 14.4. The van der Waals surface area contributed by atoms with Crippen LogP contribution in [-0.2, 0) is 4.79 Å². The van der Waals surface area contributed by atoms with Gasteiger partial charge in [0.15, 0.2) is 10.9 Å². The van der Waals surface area contributed by atoms with E-state index in [1.54, 1.807) is 18.5 Å². The SMILES string of the molecule is CC(=O)c1csc(NC(=O)C(=O)c2c(C)nn(-c3ccccc3)c2C)n1. The van der Waals surface area contributed by atoms with E-state index in [0.717, 1.165) is 17.0 Å². The maximum atomic E-state index is 12.6. The highest BCUT2D eigenvalue weighted by atomic mass is 32.1. The number of amides is 1. The largest absolute Gasteiger partial charge is 0.298 e. The Bertz CT molecular complexity index is 1000. The van der Waals surface area contributed by atoms with Crippen LogP contribution in [0.5, 0.6) is 0 Å². The number of nitrogens with zero attached hydrogens (tertiary/aromatic N) is 3. The molecule has 1 amide bonds. The summed E-state index contributed by atoms with van der Waals surface area (Å²) in [6.45, 7) is 4.81. The number of rotatable bonds is 5. The van der Waals surface area contributed by atoms with Gasteiger partial charge >= 0.3 is 0 Å². The number of Topliss-reactive ketones (excluding diaryl/α,β-unsaturated/α-hetero) is 2. The predicted molar refractivity (Wildman–Crippen MR) is 98.1 cm³/mol. The highest BCUT2D eigenvalue weighted by Gasteiger charge is 2.25. The number of carbonyl (C=O) groups is 3. The van der Waals surface area contributed by atoms with Gasteiger partial charge in [-0.2, -0.15) is 5.10 Å². The maximum absolute atomic E-state index is 12.6. The third-order valence-corrected chi connectivity index (χ3v) is 4.57. The number of anilines is 1. The molecule has 0 saturated heterocycles. The van der Waals surface area contributed by atoms with Crippen molar-refractivity contribution in [2.45, 2.75) is 20.8 Å². The summed E-state index contributed by atoms with van der Waals surface area (Å²) in [5, 5.41) is 8.57. The van der Waals surface area contributed by atoms with Crippen LogP contribution in [0, 0.1) is 13.8 Å². The quantitative estimate of drug-likeness (QED) is 0.552. The second-order valence-electron chi connectivity index (χ2n) is 5.67. The monoisotopic (exact) mass is 368 g/mol. The normalized spacial score (nSPS) is 10.6. The lowest BCUT2D eigenvalue weighted by Crippen LogP contribution is -2.24. The molecule has 0 aliphatic heterocycles. The molecule has 0 atom stereocenters. The fraction of sp³-hybridized carbons (Fsp3) is 0.167. The molecule has 3 rings (SSSR count). The van der Waals surface area contributed by atoms with Crippen molar-refractivity contribution in [1.82, 2.24) is 14.8 Å². The number of nitrogens with one attached hydrogen (secondary N) is 1. The number of aryl methyl sites for hydroxylation is 1. The summed E-state index contributed by atoms with van der Waals surface area (Å²) in [6.07, 6.45) is 0. The van der Waals surface area contributed by atoms with E-state index in [0.29, 0.717) is 11.4 Å². The summed E-state index contributed by atoms with van der Waals surface area (Å²) in [6, 6.07) is 9.36. The summed E-state index contributed by atoms with van der Waals surface area (Å²) in [5.41, 5.74) is 2.36. The van der Waals surface area contributed by atoms with Crippen LogP contribution in [0.2, 0.25) is 0 Å². The molecular formula is C18H16N4O3S. The van der Waals surface area contributed by atoms with Crippen LogP contribution < -0.4 is 5.32 Å². The Balaban J connectivity index is 1.86. The van der Waals surface area contributed by atoms with Gasteiger partial charge in [0.2, 0.25) is 0 Å². The van der Waals surface area contributed by atoms with Crippen molar-refractivity contribution in [2.75, 3.05) is 5.32 Å². The molecule has 3 aromatic rings. The Labute approximate surface area is 153 Å². The average molecular weight is 368 g/mol. The van der Waals surface area contributed by atoms with Crippen LogP contribution >= 0.6 is 11.3 Å².